The predicted octanol–water partition coefficient (Wildman–Crippen LogP) is 3.93. The summed E-state index contributed by atoms with van der Waals surface area (Å²) in [6, 6.07) is 13.8. The molecule has 0 amide bonds. The maximum absolute atomic E-state index is 12.4. The minimum Gasteiger partial charge on any atom is -0.497 e. The topological polar surface area (TPSA) is 67.8 Å². The number of ether oxygens (including phenoxy) is 1. The lowest BCUT2D eigenvalue weighted by atomic mass is 10.1. The summed E-state index contributed by atoms with van der Waals surface area (Å²) in [5, 5.41) is 3.59. The molecule has 0 spiro atoms. The van der Waals surface area contributed by atoms with Gasteiger partial charge in [0.15, 0.2) is 0 Å². The average Bonchev–Trinajstić information content (AvgIpc) is 2.78. The maximum Gasteiger partial charge on any atom is 0.285 e. The maximum atomic E-state index is 12.4. The largest absolute Gasteiger partial charge is 0.497 e. The monoisotopic (exact) mass is 362 g/mol. The molecular formula is C17H15ClN2O3S. The Balaban J connectivity index is 1.95. The Kier molecular flexibility index (Phi) is 4.34. The van der Waals surface area contributed by atoms with Crippen LogP contribution in [0.5, 0.6) is 5.75 Å². The summed E-state index contributed by atoms with van der Waals surface area (Å²) in [6.45, 7) is 1.73. The highest BCUT2D eigenvalue weighted by Crippen LogP contribution is 2.33. The second kappa shape index (κ2) is 6.30. The Bertz CT molecular complexity index is 931. The number of methoxy groups -OCH3 is 1. The Labute approximate surface area is 145 Å². The van der Waals surface area contributed by atoms with E-state index in [9.17, 15) is 8.42 Å². The van der Waals surface area contributed by atoms with Gasteiger partial charge in [-0.3, -0.25) is 0 Å². The lowest BCUT2D eigenvalue weighted by molar-refractivity contribution is 0.415. The van der Waals surface area contributed by atoms with E-state index in [4.69, 9.17) is 16.3 Å². The van der Waals surface area contributed by atoms with Crippen LogP contribution in [0.4, 0.5) is 5.69 Å². The van der Waals surface area contributed by atoms with E-state index >= 15 is 0 Å². The van der Waals surface area contributed by atoms with Crippen LogP contribution in [-0.4, -0.2) is 21.4 Å². The van der Waals surface area contributed by atoms with E-state index in [-0.39, 0.29) is 4.91 Å². The van der Waals surface area contributed by atoms with Crippen molar-refractivity contribution in [3.05, 3.63) is 64.7 Å². The quantitative estimate of drug-likeness (QED) is 0.898. The van der Waals surface area contributed by atoms with Crippen LogP contribution in [0.15, 0.2) is 58.5 Å². The summed E-state index contributed by atoms with van der Waals surface area (Å²) >= 11 is 5.87. The zero-order valence-electron chi connectivity index (χ0n) is 13.1. The number of hydrogen-bond acceptors (Lipinski definition) is 4. The van der Waals surface area contributed by atoms with Crippen molar-refractivity contribution in [1.29, 1.82) is 0 Å². The summed E-state index contributed by atoms with van der Waals surface area (Å²) in [4.78, 5) is 0.190. The van der Waals surface area contributed by atoms with Crippen molar-refractivity contribution in [3.63, 3.8) is 0 Å². The molecule has 0 bridgehead atoms. The average molecular weight is 363 g/mol. The number of nitrogens with one attached hydrogen (secondary N) is 1. The first kappa shape index (κ1) is 16.5. The summed E-state index contributed by atoms with van der Waals surface area (Å²) < 4.78 is 33.8. The van der Waals surface area contributed by atoms with Gasteiger partial charge in [-0.1, -0.05) is 23.7 Å². The molecule has 0 aliphatic carbocycles. The molecule has 2 aromatic carbocycles. The van der Waals surface area contributed by atoms with Gasteiger partial charge in [-0.05, 0) is 48.9 Å². The number of nitrogens with zero attached hydrogens (tertiary/aromatic N) is 1. The molecule has 0 radical (unpaired) electrons. The SMILES string of the molecule is COc1ccc(NC2=NS(=O)(=O)C(c3ccc(Cl)cc3)=C2C)cc1. The van der Waals surface area contributed by atoms with Gasteiger partial charge in [0.05, 0.1) is 7.11 Å². The zero-order valence-corrected chi connectivity index (χ0v) is 14.6. The second-order valence-corrected chi connectivity index (χ2v) is 7.21. The fourth-order valence-corrected chi connectivity index (χ4v) is 3.99. The number of anilines is 1. The van der Waals surface area contributed by atoms with Gasteiger partial charge in [0, 0.05) is 16.3 Å². The van der Waals surface area contributed by atoms with Crippen molar-refractivity contribution >= 4 is 38.1 Å². The summed E-state index contributed by atoms with van der Waals surface area (Å²) in [6.07, 6.45) is 0. The highest BCUT2D eigenvalue weighted by Gasteiger charge is 2.30. The van der Waals surface area contributed by atoms with Gasteiger partial charge in [0.25, 0.3) is 10.0 Å². The third-order valence-corrected chi connectivity index (χ3v) is 5.36. The Morgan fingerprint density at radius 3 is 2.25 bits per heavy atom. The van der Waals surface area contributed by atoms with Gasteiger partial charge in [0.1, 0.15) is 16.5 Å². The molecule has 0 unspecified atom stereocenters. The Morgan fingerprint density at radius 1 is 1.04 bits per heavy atom. The van der Waals surface area contributed by atoms with E-state index in [1.54, 1.807) is 62.6 Å². The van der Waals surface area contributed by atoms with E-state index in [1.165, 1.54) is 0 Å². The molecule has 0 atom stereocenters. The van der Waals surface area contributed by atoms with Crippen LogP contribution in [0.3, 0.4) is 0 Å². The predicted molar refractivity (Wildman–Crippen MR) is 97.0 cm³/mol. The number of amidine groups is 1. The molecule has 1 N–H and O–H groups in total. The van der Waals surface area contributed by atoms with Crippen LogP contribution >= 0.6 is 11.6 Å². The molecule has 0 saturated carbocycles. The normalized spacial score (nSPS) is 16.0. The smallest absolute Gasteiger partial charge is 0.285 e. The van der Waals surface area contributed by atoms with Gasteiger partial charge in [-0.15, -0.1) is 4.40 Å². The van der Waals surface area contributed by atoms with Gasteiger partial charge < -0.3 is 10.1 Å². The highest BCUT2D eigenvalue weighted by molar-refractivity contribution is 8.00. The molecule has 2 aromatic rings. The third kappa shape index (κ3) is 3.16. The van der Waals surface area contributed by atoms with E-state index in [2.05, 4.69) is 9.71 Å². The number of halogens is 1. The van der Waals surface area contributed by atoms with Crippen LogP contribution in [0.1, 0.15) is 12.5 Å². The standard InChI is InChI=1S/C17H15ClN2O3S/c1-11-16(12-3-5-13(18)6-4-12)24(21,22)20-17(11)19-14-7-9-15(23-2)10-8-14/h3-10H,1-2H3,(H,19,20). The minimum atomic E-state index is -3.75. The molecule has 24 heavy (non-hydrogen) atoms. The van der Waals surface area contributed by atoms with Crippen molar-refractivity contribution in [1.82, 2.24) is 0 Å². The van der Waals surface area contributed by atoms with Crippen molar-refractivity contribution in [2.45, 2.75) is 6.92 Å². The van der Waals surface area contributed by atoms with Crippen LogP contribution in [0.2, 0.25) is 5.02 Å². The fourth-order valence-electron chi connectivity index (χ4n) is 2.43. The van der Waals surface area contributed by atoms with Crippen molar-refractivity contribution in [2.24, 2.45) is 4.40 Å². The van der Waals surface area contributed by atoms with Crippen LogP contribution in [0, 0.1) is 0 Å². The molecule has 3 rings (SSSR count). The lowest BCUT2D eigenvalue weighted by Crippen LogP contribution is -2.11. The first-order valence-corrected chi connectivity index (χ1v) is 8.96. The molecule has 5 nitrogen and oxygen atoms in total. The molecule has 1 heterocycles. The lowest BCUT2D eigenvalue weighted by Gasteiger charge is -2.08. The third-order valence-electron chi connectivity index (χ3n) is 3.62. The molecule has 7 heteroatoms. The molecule has 0 aromatic heterocycles. The Hall–Kier alpha value is -2.31. The van der Waals surface area contributed by atoms with Gasteiger partial charge >= 0.3 is 0 Å². The minimum absolute atomic E-state index is 0.190. The van der Waals surface area contributed by atoms with Gasteiger partial charge in [-0.25, -0.2) is 0 Å². The van der Waals surface area contributed by atoms with Crippen molar-refractivity contribution in [2.75, 3.05) is 12.4 Å². The molecule has 0 saturated heterocycles. The molecule has 1 aliphatic rings. The van der Waals surface area contributed by atoms with E-state index in [0.29, 0.717) is 22.0 Å². The fraction of sp³-hybridized carbons (Fsp3) is 0.118. The van der Waals surface area contributed by atoms with Crippen LogP contribution < -0.4 is 10.1 Å². The molecule has 1 aliphatic heterocycles. The highest BCUT2D eigenvalue weighted by atomic mass is 35.5. The Morgan fingerprint density at radius 2 is 1.67 bits per heavy atom. The van der Waals surface area contributed by atoms with E-state index in [1.807, 2.05) is 0 Å². The van der Waals surface area contributed by atoms with Gasteiger partial charge in [-0.2, -0.15) is 8.42 Å². The van der Waals surface area contributed by atoms with Crippen molar-refractivity contribution < 1.29 is 13.2 Å². The molecular weight excluding hydrogens is 348 g/mol. The number of benzene rings is 2. The van der Waals surface area contributed by atoms with E-state index < -0.39 is 10.0 Å². The molecule has 124 valence electrons. The van der Waals surface area contributed by atoms with Crippen LogP contribution in [0.25, 0.3) is 4.91 Å². The zero-order chi connectivity index (χ0) is 17.3. The summed E-state index contributed by atoms with van der Waals surface area (Å²) in [7, 11) is -2.16. The number of sulfonamides is 1. The first-order chi connectivity index (χ1) is 11.4. The summed E-state index contributed by atoms with van der Waals surface area (Å²) in [5.41, 5.74) is 1.85. The van der Waals surface area contributed by atoms with Crippen molar-refractivity contribution in [3.8, 4) is 5.75 Å². The number of rotatable bonds is 3. The summed E-state index contributed by atoms with van der Waals surface area (Å²) in [5.74, 6) is 1.03. The first-order valence-electron chi connectivity index (χ1n) is 7.14. The number of hydrogen-bond donors (Lipinski definition) is 1. The van der Waals surface area contributed by atoms with Crippen LogP contribution in [-0.2, 0) is 10.0 Å². The van der Waals surface area contributed by atoms with E-state index in [0.717, 1.165) is 11.4 Å². The second-order valence-electron chi connectivity index (χ2n) is 5.23. The van der Waals surface area contributed by atoms with Gasteiger partial charge in [0.2, 0.25) is 0 Å². The molecule has 0 fully saturated rings.